The lowest BCUT2D eigenvalue weighted by molar-refractivity contribution is 0.415. The molecular weight excluding hydrogens is 218 g/mol. The van der Waals surface area contributed by atoms with Gasteiger partial charge in [0, 0.05) is 6.07 Å². The fraction of sp³-hybridized carbons (Fsp3) is 0.154. The molecule has 0 radical (unpaired) electrons. The van der Waals surface area contributed by atoms with Gasteiger partial charge in [0.2, 0.25) is 0 Å². The zero-order chi connectivity index (χ0) is 12.4. The first-order chi connectivity index (χ1) is 8.11. The lowest BCUT2D eigenvalue weighted by Gasteiger charge is -2.05. The number of ether oxygens (including phenoxy) is 1. The van der Waals surface area contributed by atoms with Gasteiger partial charge in [0.25, 0.3) is 5.56 Å². The molecule has 0 saturated heterocycles. The molecule has 0 aliphatic heterocycles. The molecule has 0 amide bonds. The molecule has 1 aromatic heterocycles. The number of pyridine rings is 1. The van der Waals surface area contributed by atoms with Gasteiger partial charge in [0.15, 0.2) is 0 Å². The summed E-state index contributed by atoms with van der Waals surface area (Å²) in [5, 5.41) is 9.60. The Morgan fingerprint density at radius 1 is 1.24 bits per heavy atom. The molecule has 0 spiro atoms. The molecule has 0 saturated carbocycles. The van der Waals surface area contributed by atoms with Crippen LogP contribution in [0.1, 0.15) is 5.56 Å². The normalized spacial score (nSPS) is 10.2. The van der Waals surface area contributed by atoms with E-state index in [-0.39, 0.29) is 11.3 Å². The molecule has 17 heavy (non-hydrogen) atoms. The van der Waals surface area contributed by atoms with E-state index in [4.69, 9.17) is 4.74 Å². The van der Waals surface area contributed by atoms with Crippen molar-refractivity contribution in [3.8, 4) is 22.8 Å². The van der Waals surface area contributed by atoms with Crippen LogP contribution in [0, 0.1) is 6.92 Å². The van der Waals surface area contributed by atoms with E-state index in [1.807, 2.05) is 12.1 Å². The highest BCUT2D eigenvalue weighted by Crippen LogP contribution is 2.23. The molecule has 0 bridgehead atoms. The van der Waals surface area contributed by atoms with Crippen LogP contribution in [-0.4, -0.2) is 17.2 Å². The van der Waals surface area contributed by atoms with Crippen molar-refractivity contribution in [2.75, 3.05) is 7.11 Å². The summed E-state index contributed by atoms with van der Waals surface area (Å²) in [5.41, 5.74) is 1.44. The first-order valence-electron chi connectivity index (χ1n) is 5.19. The number of aromatic hydroxyl groups is 1. The van der Waals surface area contributed by atoms with Crippen molar-refractivity contribution in [3.05, 3.63) is 46.2 Å². The summed E-state index contributed by atoms with van der Waals surface area (Å²) < 4.78 is 5.05. The van der Waals surface area contributed by atoms with Crippen molar-refractivity contribution >= 4 is 0 Å². The minimum absolute atomic E-state index is 0.000400. The second kappa shape index (κ2) is 4.33. The molecular formula is C13H13NO3. The van der Waals surface area contributed by atoms with Gasteiger partial charge in [-0.1, -0.05) is 0 Å². The van der Waals surface area contributed by atoms with Gasteiger partial charge in [-0.2, -0.15) is 0 Å². The first kappa shape index (κ1) is 11.3. The molecule has 2 N–H and O–H groups in total. The number of H-pyrrole nitrogens is 1. The molecule has 4 heteroatoms. The molecule has 0 aliphatic carbocycles. The van der Waals surface area contributed by atoms with Crippen LogP contribution in [0.2, 0.25) is 0 Å². The predicted molar refractivity (Wildman–Crippen MR) is 65.5 cm³/mol. The van der Waals surface area contributed by atoms with Crippen LogP contribution in [0.3, 0.4) is 0 Å². The summed E-state index contributed by atoms with van der Waals surface area (Å²) in [6.07, 6.45) is 0. The van der Waals surface area contributed by atoms with E-state index in [0.717, 1.165) is 11.3 Å². The van der Waals surface area contributed by atoms with E-state index < -0.39 is 0 Å². The Morgan fingerprint density at radius 2 is 1.88 bits per heavy atom. The summed E-state index contributed by atoms with van der Waals surface area (Å²) in [6, 6.07) is 8.77. The zero-order valence-corrected chi connectivity index (χ0v) is 9.65. The minimum atomic E-state index is -0.282. The maximum atomic E-state index is 11.5. The Balaban J connectivity index is 2.49. The average molecular weight is 231 g/mol. The van der Waals surface area contributed by atoms with Crippen LogP contribution in [-0.2, 0) is 0 Å². The standard InChI is InChI=1S/C13H13NO3/c1-8-12(15)7-11(14-13(8)16)9-3-5-10(17-2)6-4-9/h3-7H,1-2H3,(H2,14,15,16). The number of rotatable bonds is 2. The maximum Gasteiger partial charge on any atom is 0.255 e. The quantitative estimate of drug-likeness (QED) is 0.831. The van der Waals surface area contributed by atoms with Crippen LogP contribution in [0.5, 0.6) is 11.5 Å². The fourth-order valence-electron chi connectivity index (χ4n) is 1.54. The van der Waals surface area contributed by atoms with Crippen molar-refractivity contribution in [2.24, 2.45) is 0 Å². The number of nitrogens with one attached hydrogen (secondary N) is 1. The second-order valence-corrected chi connectivity index (χ2v) is 3.75. The number of aromatic amines is 1. The van der Waals surface area contributed by atoms with Gasteiger partial charge in [-0.15, -0.1) is 0 Å². The van der Waals surface area contributed by atoms with E-state index in [9.17, 15) is 9.90 Å². The van der Waals surface area contributed by atoms with Crippen molar-refractivity contribution in [1.29, 1.82) is 0 Å². The van der Waals surface area contributed by atoms with Crippen LogP contribution >= 0.6 is 0 Å². The Hall–Kier alpha value is -2.23. The molecule has 88 valence electrons. The van der Waals surface area contributed by atoms with Crippen LogP contribution in [0.25, 0.3) is 11.3 Å². The largest absolute Gasteiger partial charge is 0.507 e. The monoisotopic (exact) mass is 231 g/mol. The highest BCUT2D eigenvalue weighted by atomic mass is 16.5. The SMILES string of the molecule is COc1ccc(-c2cc(O)c(C)c(=O)[nH]2)cc1. The lowest BCUT2D eigenvalue weighted by atomic mass is 10.1. The Bertz CT molecular complexity index is 585. The third-order valence-corrected chi connectivity index (χ3v) is 2.66. The van der Waals surface area contributed by atoms with E-state index in [0.29, 0.717) is 11.3 Å². The van der Waals surface area contributed by atoms with Gasteiger partial charge in [0.1, 0.15) is 11.5 Å². The van der Waals surface area contributed by atoms with Crippen LogP contribution in [0.15, 0.2) is 35.1 Å². The topological polar surface area (TPSA) is 62.3 Å². The van der Waals surface area contributed by atoms with Crippen molar-refractivity contribution in [1.82, 2.24) is 4.98 Å². The Kier molecular flexibility index (Phi) is 2.87. The number of methoxy groups -OCH3 is 1. The summed E-state index contributed by atoms with van der Waals surface area (Å²) in [5.74, 6) is 0.743. The molecule has 4 nitrogen and oxygen atoms in total. The Morgan fingerprint density at radius 3 is 2.41 bits per heavy atom. The van der Waals surface area contributed by atoms with Crippen LogP contribution < -0.4 is 10.3 Å². The van der Waals surface area contributed by atoms with Crippen molar-refractivity contribution in [2.45, 2.75) is 6.92 Å². The van der Waals surface area contributed by atoms with Gasteiger partial charge in [-0.05, 0) is 36.8 Å². The third-order valence-electron chi connectivity index (χ3n) is 2.66. The van der Waals surface area contributed by atoms with E-state index in [2.05, 4.69) is 4.98 Å². The second-order valence-electron chi connectivity index (χ2n) is 3.75. The molecule has 0 aliphatic rings. The maximum absolute atomic E-state index is 11.5. The summed E-state index contributed by atoms with van der Waals surface area (Å²) in [7, 11) is 1.59. The molecule has 0 fully saturated rings. The van der Waals surface area contributed by atoms with E-state index in [1.54, 1.807) is 32.2 Å². The number of hydrogen-bond acceptors (Lipinski definition) is 3. The molecule has 2 aromatic rings. The zero-order valence-electron chi connectivity index (χ0n) is 9.65. The van der Waals surface area contributed by atoms with Crippen LogP contribution in [0.4, 0.5) is 0 Å². The summed E-state index contributed by atoms with van der Waals surface area (Å²) in [4.78, 5) is 14.2. The molecule has 0 atom stereocenters. The number of aromatic nitrogens is 1. The molecule has 1 heterocycles. The van der Waals surface area contributed by atoms with Gasteiger partial charge in [0.05, 0.1) is 18.4 Å². The average Bonchev–Trinajstić information content (AvgIpc) is 2.35. The van der Waals surface area contributed by atoms with E-state index >= 15 is 0 Å². The molecule has 1 aromatic carbocycles. The number of benzene rings is 1. The molecule has 2 rings (SSSR count). The first-order valence-corrected chi connectivity index (χ1v) is 5.19. The Labute approximate surface area is 98.5 Å². The fourth-order valence-corrected chi connectivity index (χ4v) is 1.54. The van der Waals surface area contributed by atoms with Gasteiger partial charge < -0.3 is 14.8 Å². The van der Waals surface area contributed by atoms with E-state index in [1.165, 1.54) is 0 Å². The highest BCUT2D eigenvalue weighted by molar-refractivity contribution is 5.62. The number of hydrogen-bond donors (Lipinski definition) is 2. The van der Waals surface area contributed by atoms with Crippen molar-refractivity contribution < 1.29 is 9.84 Å². The molecule has 0 unspecified atom stereocenters. The van der Waals surface area contributed by atoms with Gasteiger partial charge in [-0.3, -0.25) is 4.79 Å². The summed E-state index contributed by atoms with van der Waals surface area (Å²) >= 11 is 0. The lowest BCUT2D eigenvalue weighted by Crippen LogP contribution is -2.09. The highest BCUT2D eigenvalue weighted by Gasteiger charge is 2.05. The predicted octanol–water partition coefficient (Wildman–Crippen LogP) is 2.06. The third kappa shape index (κ3) is 2.15. The van der Waals surface area contributed by atoms with Crippen molar-refractivity contribution in [3.63, 3.8) is 0 Å². The minimum Gasteiger partial charge on any atom is -0.507 e. The summed E-state index contributed by atoms with van der Waals surface area (Å²) in [6.45, 7) is 1.58. The smallest absolute Gasteiger partial charge is 0.255 e. The van der Waals surface area contributed by atoms with Gasteiger partial charge in [-0.25, -0.2) is 0 Å². The van der Waals surface area contributed by atoms with Gasteiger partial charge >= 0.3 is 0 Å².